The van der Waals surface area contributed by atoms with E-state index in [2.05, 4.69) is 0 Å². The fourth-order valence-electron chi connectivity index (χ4n) is 4.32. The lowest BCUT2D eigenvalue weighted by Gasteiger charge is -2.19. The van der Waals surface area contributed by atoms with Crippen LogP contribution in [0.1, 0.15) is 77.6 Å². The summed E-state index contributed by atoms with van der Waals surface area (Å²) in [6.45, 7) is 1.84. The van der Waals surface area contributed by atoms with E-state index in [1.54, 1.807) is 0 Å². The number of hydrogen-bond acceptors (Lipinski definition) is 3. The second-order valence-electron chi connectivity index (χ2n) is 7.05. The summed E-state index contributed by atoms with van der Waals surface area (Å²) in [6, 6.07) is 4.07. The Kier molecular flexibility index (Phi) is 7.26. The highest BCUT2D eigenvalue weighted by atomic mass is 16.1. The van der Waals surface area contributed by atoms with Crippen LogP contribution in [0.15, 0.2) is 22.8 Å². The molecule has 128 valence electrons. The molecule has 0 radical (unpaired) electrons. The minimum atomic E-state index is -0.0244. The molecule has 0 aliphatic heterocycles. The van der Waals surface area contributed by atoms with Gasteiger partial charge in [-0.05, 0) is 31.3 Å². The molecule has 2 fully saturated rings. The number of carbonyl (C=O) groups is 1. The Labute approximate surface area is 146 Å². The van der Waals surface area contributed by atoms with E-state index in [1.807, 2.05) is 25.1 Å². The van der Waals surface area contributed by atoms with Crippen molar-refractivity contribution >= 4 is 5.78 Å². The fourth-order valence-corrected chi connectivity index (χ4v) is 4.32. The van der Waals surface area contributed by atoms with Crippen molar-refractivity contribution in [3.05, 3.63) is 22.8 Å². The average Bonchev–Trinajstić information content (AvgIpc) is 2.86. The van der Waals surface area contributed by atoms with Gasteiger partial charge in [0.15, 0.2) is 5.78 Å². The van der Waals surface area contributed by atoms with E-state index in [1.165, 1.54) is 44.9 Å². The van der Waals surface area contributed by atoms with Gasteiger partial charge in [-0.15, -0.1) is 0 Å². The topological polar surface area (TPSA) is 64.7 Å². The van der Waals surface area contributed by atoms with E-state index in [4.69, 9.17) is 0 Å². The maximum absolute atomic E-state index is 12.9. The van der Waals surface area contributed by atoms with E-state index in [-0.39, 0.29) is 23.2 Å². The molecule has 0 N–H and O–H groups in total. The largest absolute Gasteiger partial charge is 0.294 e. The van der Waals surface area contributed by atoms with E-state index in [0.717, 1.165) is 31.3 Å². The molecule has 0 aromatic carbocycles. The average molecular weight is 324 g/mol. The molecule has 2 unspecified atom stereocenters. The van der Waals surface area contributed by atoms with Crippen molar-refractivity contribution in [2.45, 2.75) is 77.6 Å². The Morgan fingerprint density at radius 2 is 1.33 bits per heavy atom. The number of rotatable bonds is 0. The van der Waals surface area contributed by atoms with Crippen LogP contribution in [-0.4, -0.2) is 5.78 Å². The van der Waals surface area contributed by atoms with E-state index >= 15 is 0 Å². The molecule has 0 heterocycles. The Bertz CT molecular complexity index is 584. The minimum absolute atomic E-state index is 0.0244. The highest BCUT2D eigenvalue weighted by Gasteiger charge is 2.42. The molecule has 2 saturated carbocycles. The highest BCUT2D eigenvalue weighted by molar-refractivity contribution is 6.05. The van der Waals surface area contributed by atoms with E-state index in [0.29, 0.717) is 5.57 Å². The first-order chi connectivity index (χ1) is 11.7. The molecule has 24 heavy (non-hydrogen) atoms. The molecule has 0 spiro atoms. The lowest BCUT2D eigenvalue weighted by Crippen LogP contribution is -2.16. The second kappa shape index (κ2) is 9.43. The molecule has 2 aliphatic rings. The monoisotopic (exact) mass is 324 g/mol. The van der Waals surface area contributed by atoms with Crippen molar-refractivity contribution in [2.24, 2.45) is 11.8 Å². The van der Waals surface area contributed by atoms with Crippen LogP contribution in [0.3, 0.4) is 0 Å². The Morgan fingerprint density at radius 1 is 0.875 bits per heavy atom. The fraction of sp³-hybridized carbons (Fsp3) is 0.667. The number of Topliss-reactive ketones (excluding diaryl/α,β-unsaturated/α-hetero) is 1. The number of allylic oxidation sites excluding steroid dienone is 4. The smallest absolute Gasteiger partial charge is 0.166 e. The number of ketones is 1. The van der Waals surface area contributed by atoms with Crippen molar-refractivity contribution in [1.82, 2.24) is 0 Å². The third-order valence-electron chi connectivity index (χ3n) is 5.56. The van der Waals surface area contributed by atoms with Crippen LogP contribution in [0.4, 0.5) is 0 Å². The molecule has 0 bridgehead atoms. The quantitative estimate of drug-likeness (QED) is 0.443. The first-order valence-electron chi connectivity index (χ1n) is 9.49. The highest BCUT2D eigenvalue weighted by Crippen LogP contribution is 2.45. The molecule has 0 aromatic rings. The number of carbonyl (C=O) groups excluding carboxylic acids is 1. The van der Waals surface area contributed by atoms with Crippen LogP contribution in [0, 0.1) is 34.5 Å². The number of fused-ring (bicyclic) bond motifs is 1. The molecular formula is C21H28N2O. The summed E-state index contributed by atoms with van der Waals surface area (Å²) >= 11 is 0. The summed E-state index contributed by atoms with van der Waals surface area (Å²) in [6.07, 6.45) is 14.6. The first kappa shape index (κ1) is 18.5. The van der Waals surface area contributed by atoms with Gasteiger partial charge in [0.05, 0.1) is 0 Å². The zero-order chi connectivity index (χ0) is 17.4. The van der Waals surface area contributed by atoms with E-state index < -0.39 is 0 Å². The number of nitrogens with zero attached hydrogens (tertiary/aromatic N) is 2. The predicted octanol–water partition coefficient (Wildman–Crippen LogP) is 5.40. The third kappa shape index (κ3) is 4.15. The minimum Gasteiger partial charge on any atom is -0.294 e. The molecule has 2 rings (SSSR count). The van der Waals surface area contributed by atoms with Gasteiger partial charge in [0, 0.05) is 11.5 Å². The van der Waals surface area contributed by atoms with Crippen molar-refractivity contribution in [3.8, 4) is 12.1 Å². The van der Waals surface area contributed by atoms with Gasteiger partial charge < -0.3 is 0 Å². The van der Waals surface area contributed by atoms with Crippen LogP contribution in [0.2, 0.25) is 0 Å². The second-order valence-corrected chi connectivity index (χ2v) is 7.05. The third-order valence-corrected chi connectivity index (χ3v) is 5.56. The van der Waals surface area contributed by atoms with Crippen molar-refractivity contribution in [1.29, 1.82) is 10.5 Å². The molecule has 3 nitrogen and oxygen atoms in total. The lowest BCUT2D eigenvalue weighted by atomic mass is 9.83. The zero-order valence-electron chi connectivity index (χ0n) is 14.8. The molecule has 2 atom stereocenters. The number of nitriles is 2. The van der Waals surface area contributed by atoms with Gasteiger partial charge in [-0.2, -0.15) is 10.5 Å². The first-order valence-corrected chi connectivity index (χ1v) is 9.49. The van der Waals surface area contributed by atoms with Crippen molar-refractivity contribution < 1.29 is 4.79 Å². The summed E-state index contributed by atoms with van der Waals surface area (Å²) in [5.74, 6) is 0.206. The van der Waals surface area contributed by atoms with Crippen LogP contribution in [-0.2, 0) is 4.79 Å². The standard InChI is InChI=1S/C21H28N2O/c1-2-17-20(16(14-22)15-23)18-12-10-8-6-4-3-5-7-9-11-13-19(18)21(17)24/h2,18-19H,3-13H2,1H3. The van der Waals surface area contributed by atoms with Gasteiger partial charge in [-0.25, -0.2) is 0 Å². The zero-order valence-corrected chi connectivity index (χ0v) is 14.8. The predicted molar refractivity (Wildman–Crippen MR) is 94.8 cm³/mol. The normalized spacial score (nSPS) is 28.0. The van der Waals surface area contributed by atoms with Crippen LogP contribution >= 0.6 is 0 Å². The van der Waals surface area contributed by atoms with Gasteiger partial charge in [0.25, 0.3) is 0 Å². The van der Waals surface area contributed by atoms with Crippen molar-refractivity contribution in [2.75, 3.05) is 0 Å². The Hall–Kier alpha value is -1.87. The summed E-state index contributed by atoms with van der Waals surface area (Å²) in [5, 5.41) is 18.7. The van der Waals surface area contributed by atoms with Crippen molar-refractivity contribution in [3.63, 3.8) is 0 Å². The lowest BCUT2D eigenvalue weighted by molar-refractivity contribution is -0.118. The van der Waals surface area contributed by atoms with Gasteiger partial charge in [-0.3, -0.25) is 4.79 Å². The molecule has 0 amide bonds. The van der Waals surface area contributed by atoms with Gasteiger partial charge in [-0.1, -0.05) is 63.9 Å². The molecule has 0 saturated heterocycles. The summed E-state index contributed by atoms with van der Waals surface area (Å²) < 4.78 is 0. The summed E-state index contributed by atoms with van der Waals surface area (Å²) in [4.78, 5) is 12.9. The number of hydrogen-bond donors (Lipinski definition) is 0. The van der Waals surface area contributed by atoms with Crippen LogP contribution in [0.25, 0.3) is 0 Å². The summed E-state index contributed by atoms with van der Waals surface area (Å²) in [5.41, 5.74) is 1.52. The van der Waals surface area contributed by atoms with Gasteiger partial charge >= 0.3 is 0 Å². The Morgan fingerprint density at radius 3 is 1.79 bits per heavy atom. The maximum Gasteiger partial charge on any atom is 0.166 e. The van der Waals surface area contributed by atoms with E-state index in [9.17, 15) is 15.3 Å². The van der Waals surface area contributed by atoms with Gasteiger partial charge in [0.2, 0.25) is 0 Å². The molecular weight excluding hydrogens is 296 g/mol. The molecule has 3 heteroatoms. The maximum atomic E-state index is 12.9. The Balaban J connectivity index is 2.32. The van der Waals surface area contributed by atoms with Gasteiger partial charge in [0.1, 0.15) is 17.7 Å². The molecule has 0 aromatic heterocycles. The molecule has 2 aliphatic carbocycles. The van der Waals surface area contributed by atoms with Crippen LogP contribution < -0.4 is 0 Å². The van der Waals surface area contributed by atoms with Crippen LogP contribution in [0.5, 0.6) is 0 Å². The summed E-state index contributed by atoms with van der Waals surface area (Å²) in [7, 11) is 0. The SMILES string of the molecule is CC=C1C(=O)C2CCCCCCCCCCCC2C1=C(C#N)C#N.